The number of halogens is 1. The number of nitrogens with one attached hydrogen (secondary N) is 1. The lowest BCUT2D eigenvalue weighted by atomic mass is 10.0. The monoisotopic (exact) mass is 323 g/mol. The van der Waals surface area contributed by atoms with Crippen molar-refractivity contribution < 1.29 is 9.90 Å². The van der Waals surface area contributed by atoms with E-state index in [-0.39, 0.29) is 24.5 Å². The van der Waals surface area contributed by atoms with E-state index in [0.717, 1.165) is 11.3 Å². The molecule has 0 unspecified atom stereocenters. The summed E-state index contributed by atoms with van der Waals surface area (Å²) in [7, 11) is 3.87. The topological polar surface area (TPSA) is 99.4 Å². The maximum atomic E-state index is 11.8. The second-order valence-electron chi connectivity index (χ2n) is 4.86. The number of nitrogens with zero attached hydrogens (tertiary/aromatic N) is 1. The number of carboxylic acids is 1. The molecule has 0 saturated heterocycles. The van der Waals surface area contributed by atoms with Crippen molar-refractivity contribution in [2.75, 3.05) is 19.0 Å². The number of carbonyl (C=O) groups is 1. The molecule has 118 valence electrons. The molecule has 1 aromatic carbocycles. The number of hydrogen-bond donors (Lipinski definition) is 3. The molecule has 0 radical (unpaired) electrons. The van der Waals surface area contributed by atoms with E-state index in [1.54, 1.807) is 0 Å². The third kappa shape index (κ3) is 3.47. The Morgan fingerprint density at radius 3 is 2.32 bits per heavy atom. The Bertz CT molecular complexity index is 724. The van der Waals surface area contributed by atoms with Crippen LogP contribution >= 0.6 is 12.4 Å². The molecule has 2 aromatic rings. The SMILES string of the molecule is CN(C)c1ccc(-c2[nH]c(=O)c(C(=O)O)cc2CN)cc1.Cl. The van der Waals surface area contributed by atoms with Crippen LogP contribution in [0.3, 0.4) is 0 Å². The van der Waals surface area contributed by atoms with Crippen LogP contribution in [0.25, 0.3) is 11.3 Å². The Hall–Kier alpha value is -2.31. The van der Waals surface area contributed by atoms with Crippen LogP contribution < -0.4 is 16.2 Å². The highest BCUT2D eigenvalue weighted by Gasteiger charge is 2.14. The van der Waals surface area contributed by atoms with Gasteiger partial charge in [0.2, 0.25) is 0 Å². The lowest BCUT2D eigenvalue weighted by molar-refractivity contribution is 0.0695. The predicted molar refractivity (Wildman–Crippen MR) is 88.9 cm³/mol. The lowest BCUT2D eigenvalue weighted by Crippen LogP contribution is -2.20. The molecule has 0 aliphatic rings. The number of aromatic carboxylic acids is 1. The van der Waals surface area contributed by atoms with Gasteiger partial charge in [-0.2, -0.15) is 0 Å². The molecular weight excluding hydrogens is 306 g/mol. The predicted octanol–water partition coefficient (Wildman–Crippen LogP) is 1.69. The number of rotatable bonds is 4. The van der Waals surface area contributed by atoms with Crippen molar-refractivity contribution in [1.82, 2.24) is 4.98 Å². The molecule has 0 aliphatic heterocycles. The molecule has 0 bridgehead atoms. The zero-order valence-electron chi connectivity index (χ0n) is 12.3. The molecule has 1 aromatic heterocycles. The number of carboxylic acid groups (broad SMARTS) is 1. The smallest absolute Gasteiger partial charge is 0.341 e. The van der Waals surface area contributed by atoms with E-state index in [1.807, 2.05) is 43.3 Å². The largest absolute Gasteiger partial charge is 0.477 e. The average Bonchev–Trinajstić information content (AvgIpc) is 2.46. The van der Waals surface area contributed by atoms with Crippen LogP contribution in [-0.2, 0) is 6.54 Å². The average molecular weight is 324 g/mol. The van der Waals surface area contributed by atoms with E-state index in [9.17, 15) is 9.59 Å². The van der Waals surface area contributed by atoms with Crippen LogP contribution in [0.2, 0.25) is 0 Å². The van der Waals surface area contributed by atoms with Gasteiger partial charge in [-0.25, -0.2) is 4.79 Å². The number of pyridine rings is 1. The summed E-state index contributed by atoms with van der Waals surface area (Å²) in [5, 5.41) is 8.98. The van der Waals surface area contributed by atoms with Crippen molar-refractivity contribution in [3.63, 3.8) is 0 Å². The van der Waals surface area contributed by atoms with Gasteiger partial charge in [0.15, 0.2) is 0 Å². The zero-order valence-corrected chi connectivity index (χ0v) is 13.1. The van der Waals surface area contributed by atoms with E-state index in [4.69, 9.17) is 10.8 Å². The Balaban J connectivity index is 0.00000242. The number of anilines is 1. The maximum absolute atomic E-state index is 11.8. The number of H-pyrrole nitrogens is 1. The first-order valence-corrected chi connectivity index (χ1v) is 6.41. The molecule has 6 nitrogen and oxygen atoms in total. The third-order valence-corrected chi connectivity index (χ3v) is 3.25. The fourth-order valence-electron chi connectivity index (χ4n) is 2.08. The number of hydrogen-bond acceptors (Lipinski definition) is 4. The van der Waals surface area contributed by atoms with Gasteiger partial charge in [0.1, 0.15) is 5.56 Å². The lowest BCUT2D eigenvalue weighted by Gasteiger charge is -2.14. The van der Waals surface area contributed by atoms with E-state index < -0.39 is 11.5 Å². The van der Waals surface area contributed by atoms with E-state index in [0.29, 0.717) is 11.3 Å². The number of aromatic nitrogens is 1. The second kappa shape index (κ2) is 7.11. The molecule has 4 N–H and O–H groups in total. The summed E-state index contributed by atoms with van der Waals surface area (Å²) in [6, 6.07) is 8.88. The van der Waals surface area contributed by atoms with Gasteiger partial charge in [-0.3, -0.25) is 4.79 Å². The van der Waals surface area contributed by atoms with Gasteiger partial charge >= 0.3 is 5.97 Å². The van der Waals surface area contributed by atoms with Crippen LogP contribution in [0, 0.1) is 0 Å². The van der Waals surface area contributed by atoms with Crippen molar-refractivity contribution in [1.29, 1.82) is 0 Å². The molecule has 0 amide bonds. The Morgan fingerprint density at radius 1 is 1.27 bits per heavy atom. The van der Waals surface area contributed by atoms with Crippen molar-refractivity contribution in [3.05, 3.63) is 51.8 Å². The minimum Gasteiger partial charge on any atom is -0.477 e. The maximum Gasteiger partial charge on any atom is 0.341 e. The molecule has 0 aliphatic carbocycles. The summed E-state index contributed by atoms with van der Waals surface area (Å²) in [5.41, 5.74) is 7.68. The second-order valence-corrected chi connectivity index (χ2v) is 4.86. The Labute approximate surface area is 134 Å². The number of aromatic amines is 1. The Kier molecular flexibility index (Phi) is 5.73. The van der Waals surface area contributed by atoms with Gasteiger partial charge in [-0.1, -0.05) is 12.1 Å². The molecule has 2 rings (SSSR count). The highest BCUT2D eigenvalue weighted by Crippen LogP contribution is 2.23. The summed E-state index contributed by atoms with van der Waals surface area (Å²) < 4.78 is 0. The molecular formula is C15H18ClN3O3. The standard InChI is InChI=1S/C15H17N3O3.ClH/c1-18(2)11-5-3-9(4-6-11)13-10(8-16)7-12(15(20)21)14(19)17-13;/h3-7H,8,16H2,1-2H3,(H,17,19)(H,20,21);1H. The van der Waals surface area contributed by atoms with Crippen molar-refractivity contribution in [2.24, 2.45) is 5.73 Å². The fourth-order valence-corrected chi connectivity index (χ4v) is 2.08. The van der Waals surface area contributed by atoms with Gasteiger partial charge in [-0.15, -0.1) is 12.4 Å². The van der Waals surface area contributed by atoms with Crippen LogP contribution in [-0.4, -0.2) is 30.2 Å². The van der Waals surface area contributed by atoms with Crippen molar-refractivity contribution in [3.8, 4) is 11.3 Å². The van der Waals surface area contributed by atoms with Crippen LogP contribution in [0.5, 0.6) is 0 Å². The van der Waals surface area contributed by atoms with Gasteiger partial charge in [0.25, 0.3) is 5.56 Å². The highest BCUT2D eigenvalue weighted by atomic mass is 35.5. The summed E-state index contributed by atoms with van der Waals surface area (Å²) in [6.07, 6.45) is 0. The van der Waals surface area contributed by atoms with E-state index in [2.05, 4.69) is 4.98 Å². The van der Waals surface area contributed by atoms with Gasteiger partial charge in [0.05, 0.1) is 5.69 Å². The molecule has 0 atom stereocenters. The molecule has 0 saturated carbocycles. The number of benzene rings is 1. The Morgan fingerprint density at radius 2 is 1.86 bits per heavy atom. The molecule has 7 heteroatoms. The summed E-state index contributed by atoms with van der Waals surface area (Å²) in [4.78, 5) is 27.4. The van der Waals surface area contributed by atoms with Crippen molar-refractivity contribution in [2.45, 2.75) is 6.54 Å². The minimum absolute atomic E-state index is 0. The normalized spacial score (nSPS) is 9.95. The van der Waals surface area contributed by atoms with Crippen LogP contribution in [0.15, 0.2) is 35.1 Å². The minimum atomic E-state index is -1.26. The van der Waals surface area contributed by atoms with E-state index in [1.165, 1.54) is 6.07 Å². The summed E-state index contributed by atoms with van der Waals surface area (Å²) in [5.74, 6) is -1.26. The van der Waals surface area contributed by atoms with Gasteiger partial charge < -0.3 is 20.7 Å². The first-order valence-electron chi connectivity index (χ1n) is 6.41. The number of nitrogens with two attached hydrogens (primary N) is 1. The van der Waals surface area contributed by atoms with Crippen LogP contribution in [0.1, 0.15) is 15.9 Å². The fraction of sp³-hybridized carbons (Fsp3) is 0.200. The van der Waals surface area contributed by atoms with Gasteiger partial charge in [0, 0.05) is 26.3 Å². The first kappa shape index (κ1) is 17.7. The quantitative estimate of drug-likeness (QED) is 0.795. The molecule has 22 heavy (non-hydrogen) atoms. The molecule has 0 spiro atoms. The van der Waals surface area contributed by atoms with Crippen LogP contribution in [0.4, 0.5) is 5.69 Å². The zero-order chi connectivity index (χ0) is 15.6. The molecule has 0 fully saturated rings. The molecule has 1 heterocycles. The van der Waals surface area contributed by atoms with Gasteiger partial charge in [-0.05, 0) is 29.3 Å². The van der Waals surface area contributed by atoms with Crippen molar-refractivity contribution >= 4 is 24.1 Å². The highest BCUT2D eigenvalue weighted by molar-refractivity contribution is 5.88. The first-order chi connectivity index (χ1) is 9.93. The summed E-state index contributed by atoms with van der Waals surface area (Å²) in [6.45, 7) is 0.141. The van der Waals surface area contributed by atoms with E-state index >= 15 is 0 Å². The summed E-state index contributed by atoms with van der Waals surface area (Å²) >= 11 is 0. The third-order valence-electron chi connectivity index (χ3n) is 3.25.